The van der Waals surface area contributed by atoms with Gasteiger partial charge in [0.05, 0.1) is 12.0 Å². The zero-order chi connectivity index (χ0) is 21.9. The van der Waals surface area contributed by atoms with Crippen molar-refractivity contribution < 1.29 is 27.5 Å². The van der Waals surface area contributed by atoms with Crippen molar-refractivity contribution in [1.82, 2.24) is 0 Å². The van der Waals surface area contributed by atoms with Gasteiger partial charge >= 0.3 is 5.97 Å². The Balaban J connectivity index is 1.72. The molecule has 0 saturated carbocycles. The van der Waals surface area contributed by atoms with E-state index < -0.39 is 28.0 Å². The van der Waals surface area contributed by atoms with Crippen molar-refractivity contribution in [3.8, 4) is 5.75 Å². The van der Waals surface area contributed by atoms with Crippen molar-refractivity contribution in [2.45, 2.75) is 17.9 Å². The quantitative estimate of drug-likeness (QED) is 0.582. The van der Waals surface area contributed by atoms with Gasteiger partial charge in [0.25, 0.3) is 5.91 Å². The van der Waals surface area contributed by atoms with Crippen LogP contribution < -0.4 is 15.2 Å². The van der Waals surface area contributed by atoms with Gasteiger partial charge in [0.15, 0.2) is 6.10 Å². The number of ether oxygens (including phenoxy) is 2. The number of hydrogen-bond donors (Lipinski definition) is 2. The first kappa shape index (κ1) is 21.3. The Morgan fingerprint density at radius 1 is 1.00 bits per heavy atom. The highest BCUT2D eigenvalue weighted by Gasteiger charge is 2.22. The summed E-state index contributed by atoms with van der Waals surface area (Å²) in [6.07, 6.45) is -1.11. The number of hydrogen-bond acceptors (Lipinski definition) is 6. The van der Waals surface area contributed by atoms with Crippen molar-refractivity contribution in [3.05, 3.63) is 66.2 Å². The van der Waals surface area contributed by atoms with E-state index in [1.54, 1.807) is 12.1 Å². The van der Waals surface area contributed by atoms with Crippen molar-refractivity contribution >= 4 is 38.4 Å². The van der Waals surface area contributed by atoms with Gasteiger partial charge in [-0.05, 0) is 54.1 Å². The fraction of sp³-hybridized carbons (Fsp3) is 0.143. The molecule has 156 valence electrons. The number of primary sulfonamides is 1. The molecule has 0 aromatic heterocycles. The van der Waals surface area contributed by atoms with Gasteiger partial charge < -0.3 is 14.8 Å². The molecule has 0 spiro atoms. The first-order chi connectivity index (χ1) is 14.2. The van der Waals surface area contributed by atoms with Gasteiger partial charge in [-0.3, -0.25) is 4.79 Å². The number of rotatable bonds is 6. The second-order valence-electron chi connectivity index (χ2n) is 6.51. The zero-order valence-corrected chi connectivity index (χ0v) is 17.1. The van der Waals surface area contributed by atoms with Crippen LogP contribution in [-0.4, -0.2) is 33.5 Å². The highest BCUT2D eigenvalue weighted by atomic mass is 32.2. The van der Waals surface area contributed by atoms with Crippen LogP contribution in [0.2, 0.25) is 0 Å². The fourth-order valence-corrected chi connectivity index (χ4v) is 3.31. The Kier molecular flexibility index (Phi) is 6.04. The molecule has 0 saturated heterocycles. The molecule has 9 heteroatoms. The minimum absolute atomic E-state index is 0.0802. The summed E-state index contributed by atoms with van der Waals surface area (Å²) in [5.41, 5.74) is 0.534. The van der Waals surface area contributed by atoms with Gasteiger partial charge in [-0.25, -0.2) is 18.4 Å². The minimum Gasteiger partial charge on any atom is -0.496 e. The molecule has 0 aliphatic rings. The second-order valence-corrected chi connectivity index (χ2v) is 8.07. The lowest BCUT2D eigenvalue weighted by Gasteiger charge is -2.15. The molecule has 0 aliphatic carbocycles. The molecule has 0 fully saturated rings. The molecule has 0 unspecified atom stereocenters. The summed E-state index contributed by atoms with van der Waals surface area (Å²) in [4.78, 5) is 24.9. The number of carbonyl (C=O) groups excluding carboxylic acids is 2. The van der Waals surface area contributed by atoms with Gasteiger partial charge in [-0.15, -0.1) is 0 Å². The predicted octanol–water partition coefficient (Wildman–Crippen LogP) is 2.68. The van der Waals surface area contributed by atoms with Crippen LogP contribution in [0.3, 0.4) is 0 Å². The van der Waals surface area contributed by atoms with E-state index in [0.717, 1.165) is 10.8 Å². The van der Waals surface area contributed by atoms with Crippen molar-refractivity contribution in [1.29, 1.82) is 0 Å². The molecule has 1 amide bonds. The molecule has 0 aliphatic heterocycles. The number of methoxy groups -OCH3 is 1. The van der Waals surface area contributed by atoms with Crippen molar-refractivity contribution in [2.24, 2.45) is 5.14 Å². The maximum atomic E-state index is 12.6. The molecule has 30 heavy (non-hydrogen) atoms. The Morgan fingerprint density at radius 2 is 1.60 bits per heavy atom. The third-order valence-corrected chi connectivity index (χ3v) is 5.32. The van der Waals surface area contributed by atoms with Crippen LogP contribution in [0.4, 0.5) is 5.69 Å². The zero-order valence-electron chi connectivity index (χ0n) is 16.3. The smallest absolute Gasteiger partial charge is 0.342 e. The molecule has 3 rings (SSSR count). The molecule has 0 bridgehead atoms. The van der Waals surface area contributed by atoms with E-state index in [1.165, 1.54) is 38.3 Å². The topological polar surface area (TPSA) is 125 Å². The van der Waals surface area contributed by atoms with Crippen LogP contribution in [-0.2, 0) is 19.6 Å². The number of fused-ring (bicyclic) bond motifs is 1. The standard InChI is InChI=1S/C21H20N2O6S/c1-13(20(24)23-16-7-9-17(10-8-16)30(22,26)27)29-21(25)18-11-14-5-3-4-6-15(14)12-19(18)28-2/h3-13H,1-2H3,(H,23,24)(H2,22,26,27)/t13-/m1/s1. The maximum absolute atomic E-state index is 12.6. The Bertz CT molecular complexity index is 1210. The summed E-state index contributed by atoms with van der Waals surface area (Å²) >= 11 is 0. The van der Waals surface area contributed by atoms with Gasteiger partial charge in [0.1, 0.15) is 11.3 Å². The number of esters is 1. The van der Waals surface area contributed by atoms with E-state index >= 15 is 0 Å². The first-order valence-corrected chi connectivity index (χ1v) is 10.4. The Labute approximate surface area is 173 Å². The largest absolute Gasteiger partial charge is 0.496 e. The molecule has 3 aromatic carbocycles. The number of anilines is 1. The number of amides is 1. The monoisotopic (exact) mass is 428 g/mol. The number of benzene rings is 3. The van der Waals surface area contributed by atoms with E-state index in [1.807, 2.05) is 24.3 Å². The van der Waals surface area contributed by atoms with Crippen LogP contribution in [0.15, 0.2) is 65.6 Å². The average molecular weight is 428 g/mol. The van der Waals surface area contributed by atoms with Crippen LogP contribution in [0, 0.1) is 0 Å². The van der Waals surface area contributed by atoms with Gasteiger partial charge in [-0.2, -0.15) is 0 Å². The van der Waals surface area contributed by atoms with Crippen molar-refractivity contribution in [2.75, 3.05) is 12.4 Å². The normalized spacial score (nSPS) is 12.2. The number of nitrogens with two attached hydrogens (primary N) is 1. The lowest BCUT2D eigenvalue weighted by atomic mass is 10.1. The number of carbonyl (C=O) groups is 2. The third kappa shape index (κ3) is 4.76. The molecular weight excluding hydrogens is 408 g/mol. The highest BCUT2D eigenvalue weighted by molar-refractivity contribution is 7.89. The average Bonchev–Trinajstić information content (AvgIpc) is 2.72. The summed E-state index contributed by atoms with van der Waals surface area (Å²) in [5, 5.41) is 9.33. The number of sulfonamides is 1. The van der Waals surface area contributed by atoms with Crippen LogP contribution >= 0.6 is 0 Å². The third-order valence-electron chi connectivity index (χ3n) is 4.39. The molecular formula is C21H20N2O6S. The summed E-state index contributed by atoms with van der Waals surface area (Å²) < 4.78 is 33.2. The molecule has 3 aromatic rings. The van der Waals surface area contributed by atoms with E-state index in [-0.39, 0.29) is 10.5 Å². The lowest BCUT2D eigenvalue weighted by Crippen LogP contribution is -2.30. The molecule has 0 heterocycles. The minimum atomic E-state index is -3.83. The van der Waals surface area contributed by atoms with E-state index in [2.05, 4.69) is 5.32 Å². The Hall–Kier alpha value is -3.43. The molecule has 8 nitrogen and oxygen atoms in total. The summed E-state index contributed by atoms with van der Waals surface area (Å²) in [6, 6.07) is 16.1. The van der Waals surface area contributed by atoms with Crippen LogP contribution in [0.5, 0.6) is 5.75 Å². The van der Waals surface area contributed by atoms with E-state index in [9.17, 15) is 18.0 Å². The van der Waals surface area contributed by atoms with Crippen LogP contribution in [0.1, 0.15) is 17.3 Å². The molecule has 0 radical (unpaired) electrons. The van der Waals surface area contributed by atoms with Crippen LogP contribution in [0.25, 0.3) is 10.8 Å². The van der Waals surface area contributed by atoms with Crippen molar-refractivity contribution in [3.63, 3.8) is 0 Å². The summed E-state index contributed by atoms with van der Waals surface area (Å²) in [6.45, 7) is 1.43. The van der Waals surface area contributed by atoms with Gasteiger partial charge in [0.2, 0.25) is 10.0 Å². The summed E-state index contributed by atoms with van der Waals surface area (Å²) in [7, 11) is -2.38. The predicted molar refractivity (Wildman–Crippen MR) is 112 cm³/mol. The molecule has 1 atom stereocenters. The Morgan fingerprint density at radius 3 is 2.17 bits per heavy atom. The summed E-state index contributed by atoms with van der Waals surface area (Å²) in [5.74, 6) is -0.943. The first-order valence-electron chi connectivity index (χ1n) is 8.90. The second kappa shape index (κ2) is 8.52. The van der Waals surface area contributed by atoms with Gasteiger partial charge in [0, 0.05) is 5.69 Å². The maximum Gasteiger partial charge on any atom is 0.342 e. The van der Waals surface area contributed by atoms with Gasteiger partial charge in [-0.1, -0.05) is 24.3 Å². The SMILES string of the molecule is COc1cc2ccccc2cc1C(=O)O[C@H](C)C(=O)Nc1ccc(S(N)(=O)=O)cc1. The highest BCUT2D eigenvalue weighted by Crippen LogP contribution is 2.27. The lowest BCUT2D eigenvalue weighted by molar-refractivity contribution is -0.123. The van der Waals surface area contributed by atoms with E-state index in [0.29, 0.717) is 11.4 Å². The van der Waals surface area contributed by atoms with E-state index in [4.69, 9.17) is 14.6 Å². The number of nitrogens with one attached hydrogen (secondary N) is 1. The fourth-order valence-electron chi connectivity index (χ4n) is 2.80. The molecule has 3 N–H and O–H groups in total.